The highest BCUT2D eigenvalue weighted by molar-refractivity contribution is 5.51. The molecule has 0 fully saturated rings. The van der Waals surface area contributed by atoms with E-state index in [1.165, 1.54) is 0 Å². The van der Waals surface area contributed by atoms with Crippen molar-refractivity contribution in [3.8, 4) is 0 Å². The summed E-state index contributed by atoms with van der Waals surface area (Å²) < 4.78 is 0. The topological polar surface area (TPSA) is 58.9 Å². The summed E-state index contributed by atoms with van der Waals surface area (Å²) in [6, 6.07) is 0. The van der Waals surface area contributed by atoms with E-state index in [4.69, 9.17) is 0 Å². The number of hydrogen-bond donors (Lipinski definition) is 0. The molecule has 0 aliphatic rings. The van der Waals surface area contributed by atoms with Crippen LogP contribution in [0.1, 0.15) is 33.4 Å². The molecule has 18 heavy (non-hydrogen) atoms. The van der Waals surface area contributed by atoms with Gasteiger partial charge in [-0.2, -0.15) is 0 Å². The van der Waals surface area contributed by atoms with E-state index in [9.17, 15) is 9.59 Å². The third-order valence-electron chi connectivity index (χ3n) is 3.54. The summed E-state index contributed by atoms with van der Waals surface area (Å²) in [6.07, 6.45) is 3.11. The van der Waals surface area contributed by atoms with E-state index < -0.39 is 0 Å². The first kappa shape index (κ1) is 14.0. The predicted molar refractivity (Wildman–Crippen MR) is 69.0 cm³/mol. The van der Waals surface area contributed by atoms with E-state index in [1.807, 2.05) is 27.7 Å². The van der Waals surface area contributed by atoms with Crippen LogP contribution in [-0.2, 0) is 22.7 Å². The molecule has 0 radical (unpaired) electrons. The molecule has 0 aliphatic heterocycles. The molecule has 0 heterocycles. The number of isocyanates is 2. The minimum atomic E-state index is 0.320. The number of benzene rings is 1. The standard InChI is InChI=1S/C14H16N2O2/c1-9-10(2)13(5-15-7-17)12(4)14(11(9)3)6-16-8-18/h5-6H2,1-4H3. The zero-order valence-electron chi connectivity index (χ0n) is 11.1. The van der Waals surface area contributed by atoms with Crippen LogP contribution in [0.3, 0.4) is 0 Å². The van der Waals surface area contributed by atoms with E-state index >= 15 is 0 Å². The van der Waals surface area contributed by atoms with Gasteiger partial charge in [0, 0.05) is 0 Å². The molecule has 0 atom stereocenters. The van der Waals surface area contributed by atoms with Crippen molar-refractivity contribution in [1.82, 2.24) is 0 Å². The quantitative estimate of drug-likeness (QED) is 0.603. The van der Waals surface area contributed by atoms with Crippen LogP contribution < -0.4 is 0 Å². The Labute approximate surface area is 106 Å². The van der Waals surface area contributed by atoms with E-state index in [2.05, 4.69) is 9.98 Å². The normalized spacial score (nSPS) is 9.56. The molecule has 0 saturated heterocycles. The Morgan fingerprint density at radius 3 is 1.44 bits per heavy atom. The monoisotopic (exact) mass is 244 g/mol. The molecule has 0 aliphatic carbocycles. The number of carbonyl (C=O) groups excluding carboxylic acids is 2. The van der Waals surface area contributed by atoms with E-state index in [0.29, 0.717) is 13.1 Å². The van der Waals surface area contributed by atoms with E-state index in [0.717, 1.165) is 33.4 Å². The van der Waals surface area contributed by atoms with Gasteiger partial charge in [0.2, 0.25) is 12.2 Å². The minimum Gasteiger partial charge on any atom is -0.211 e. The summed E-state index contributed by atoms with van der Waals surface area (Å²) in [5.74, 6) is 0. The van der Waals surface area contributed by atoms with Crippen molar-refractivity contribution >= 4 is 12.2 Å². The second-order valence-electron chi connectivity index (χ2n) is 4.27. The second kappa shape index (κ2) is 6.06. The van der Waals surface area contributed by atoms with Gasteiger partial charge in [-0.15, -0.1) is 0 Å². The van der Waals surface area contributed by atoms with Crippen LogP contribution in [0.15, 0.2) is 9.98 Å². The Kier molecular flexibility index (Phi) is 4.73. The molecule has 94 valence electrons. The lowest BCUT2D eigenvalue weighted by molar-refractivity contribution is 0.562. The Hall–Kier alpha value is -2.02. The van der Waals surface area contributed by atoms with Gasteiger partial charge in [0.15, 0.2) is 0 Å². The summed E-state index contributed by atoms with van der Waals surface area (Å²) in [5, 5.41) is 0. The van der Waals surface area contributed by atoms with Crippen LogP contribution in [0.25, 0.3) is 0 Å². The number of hydrogen-bond acceptors (Lipinski definition) is 4. The van der Waals surface area contributed by atoms with Gasteiger partial charge in [-0.25, -0.2) is 19.6 Å². The smallest absolute Gasteiger partial charge is 0.211 e. The molecular formula is C14H16N2O2. The van der Waals surface area contributed by atoms with Crippen molar-refractivity contribution in [1.29, 1.82) is 0 Å². The maximum Gasteiger partial charge on any atom is 0.235 e. The van der Waals surface area contributed by atoms with Gasteiger partial charge in [0.1, 0.15) is 0 Å². The fourth-order valence-electron chi connectivity index (χ4n) is 2.18. The molecule has 4 nitrogen and oxygen atoms in total. The Morgan fingerprint density at radius 2 is 1.11 bits per heavy atom. The average molecular weight is 244 g/mol. The highest BCUT2D eigenvalue weighted by atomic mass is 16.1. The van der Waals surface area contributed by atoms with Crippen LogP contribution in [-0.4, -0.2) is 12.2 Å². The zero-order chi connectivity index (χ0) is 13.7. The van der Waals surface area contributed by atoms with Gasteiger partial charge in [-0.3, -0.25) is 0 Å². The molecular weight excluding hydrogens is 228 g/mol. The lowest BCUT2D eigenvalue weighted by atomic mass is 9.89. The van der Waals surface area contributed by atoms with E-state index in [-0.39, 0.29) is 0 Å². The van der Waals surface area contributed by atoms with Crippen LogP contribution in [0, 0.1) is 27.7 Å². The SMILES string of the molecule is Cc1c(C)c(CN=C=O)c(C)c(CN=C=O)c1C. The molecule has 1 aromatic carbocycles. The number of rotatable bonds is 4. The first-order valence-corrected chi connectivity index (χ1v) is 5.70. The van der Waals surface area contributed by atoms with Crippen molar-refractivity contribution < 1.29 is 9.59 Å². The molecule has 0 saturated carbocycles. The maximum atomic E-state index is 10.2. The highest BCUT2D eigenvalue weighted by Crippen LogP contribution is 2.27. The molecule has 0 N–H and O–H groups in total. The molecule has 0 aromatic heterocycles. The van der Waals surface area contributed by atoms with Gasteiger partial charge in [-0.05, 0) is 61.1 Å². The predicted octanol–water partition coefficient (Wildman–Crippen LogP) is 2.59. The maximum absolute atomic E-state index is 10.2. The van der Waals surface area contributed by atoms with Crippen LogP contribution >= 0.6 is 0 Å². The summed E-state index contributed by atoms with van der Waals surface area (Å²) in [7, 11) is 0. The fourth-order valence-corrected chi connectivity index (χ4v) is 2.18. The van der Waals surface area contributed by atoms with Gasteiger partial charge < -0.3 is 0 Å². The van der Waals surface area contributed by atoms with Gasteiger partial charge in [-0.1, -0.05) is 0 Å². The molecule has 0 amide bonds. The lowest BCUT2D eigenvalue weighted by Crippen LogP contribution is -2.04. The summed E-state index contributed by atoms with van der Waals surface area (Å²) in [5.41, 5.74) is 6.46. The molecule has 0 bridgehead atoms. The Morgan fingerprint density at radius 1 is 0.722 bits per heavy atom. The van der Waals surface area contributed by atoms with E-state index in [1.54, 1.807) is 12.2 Å². The molecule has 1 rings (SSSR count). The largest absolute Gasteiger partial charge is 0.235 e. The first-order chi connectivity index (χ1) is 8.54. The zero-order valence-corrected chi connectivity index (χ0v) is 11.1. The summed E-state index contributed by atoms with van der Waals surface area (Å²) in [6.45, 7) is 8.65. The Balaban J connectivity index is 3.47. The first-order valence-electron chi connectivity index (χ1n) is 5.70. The molecule has 1 aromatic rings. The average Bonchev–Trinajstić information content (AvgIpc) is 2.36. The van der Waals surface area contributed by atoms with Crippen molar-refractivity contribution in [2.75, 3.05) is 0 Å². The minimum absolute atomic E-state index is 0.320. The van der Waals surface area contributed by atoms with Crippen LogP contribution in [0.4, 0.5) is 0 Å². The molecule has 4 heteroatoms. The Bertz CT molecular complexity index is 517. The van der Waals surface area contributed by atoms with Crippen LogP contribution in [0.2, 0.25) is 0 Å². The van der Waals surface area contributed by atoms with Crippen molar-refractivity contribution in [3.63, 3.8) is 0 Å². The lowest BCUT2D eigenvalue weighted by Gasteiger charge is -2.18. The summed E-state index contributed by atoms with van der Waals surface area (Å²) in [4.78, 5) is 27.8. The number of nitrogens with zero attached hydrogens (tertiary/aromatic N) is 2. The van der Waals surface area contributed by atoms with Crippen molar-refractivity contribution in [2.24, 2.45) is 9.98 Å². The third-order valence-corrected chi connectivity index (χ3v) is 3.54. The number of aliphatic imine (C=N–C) groups is 2. The van der Waals surface area contributed by atoms with Crippen molar-refractivity contribution in [2.45, 2.75) is 40.8 Å². The fraction of sp³-hybridized carbons (Fsp3) is 0.429. The van der Waals surface area contributed by atoms with Gasteiger partial charge >= 0.3 is 0 Å². The van der Waals surface area contributed by atoms with Gasteiger partial charge in [0.25, 0.3) is 0 Å². The molecule has 0 spiro atoms. The molecule has 0 unspecified atom stereocenters. The van der Waals surface area contributed by atoms with Gasteiger partial charge in [0.05, 0.1) is 13.1 Å². The van der Waals surface area contributed by atoms with Crippen molar-refractivity contribution in [3.05, 3.63) is 33.4 Å². The summed E-state index contributed by atoms with van der Waals surface area (Å²) >= 11 is 0. The second-order valence-corrected chi connectivity index (χ2v) is 4.27. The van der Waals surface area contributed by atoms with Crippen LogP contribution in [0.5, 0.6) is 0 Å². The highest BCUT2D eigenvalue weighted by Gasteiger charge is 2.14. The third kappa shape index (κ3) is 2.62.